The number of methoxy groups -OCH3 is 2. The lowest BCUT2D eigenvalue weighted by molar-refractivity contribution is 0.0180. The normalized spacial score (nSPS) is 16.5. The second kappa shape index (κ2) is 21.2. The summed E-state index contributed by atoms with van der Waals surface area (Å²) in [5, 5.41) is 0. The van der Waals surface area contributed by atoms with Crippen molar-refractivity contribution in [1.29, 1.82) is 0 Å². The fourth-order valence-corrected chi connectivity index (χ4v) is 6.40. The fourth-order valence-electron chi connectivity index (χ4n) is 6.40. The molecule has 0 spiro atoms. The first kappa shape index (κ1) is 40.6. The Kier molecular flexibility index (Phi) is 14.9. The summed E-state index contributed by atoms with van der Waals surface area (Å²) in [5.74, 6) is 1.45. The Balaban J connectivity index is 1.10. The third-order valence-electron chi connectivity index (χ3n) is 9.11. The Hall–Kier alpha value is -5.60. The minimum absolute atomic E-state index is 0.405. The molecule has 0 fully saturated rings. The lowest BCUT2D eigenvalue weighted by Gasteiger charge is -2.12. The molecule has 8 bridgehead atoms. The maximum Gasteiger partial charge on any atom is 0.120 e. The molecule has 0 amide bonds. The van der Waals surface area contributed by atoms with Crippen LogP contribution in [0.15, 0.2) is 152 Å². The molecule has 7 rings (SSSR count). The lowest BCUT2D eigenvalue weighted by Crippen LogP contribution is -2.12. The molecular weight excluding hydrogens is 737 g/mol. The Morgan fingerprint density at radius 1 is 0.414 bits per heavy atom. The third-order valence-corrected chi connectivity index (χ3v) is 9.11. The molecule has 2 aromatic rings. The molecule has 0 N–H and O–H groups in total. The van der Waals surface area contributed by atoms with Gasteiger partial charge in [0.15, 0.2) is 0 Å². The van der Waals surface area contributed by atoms with Crippen LogP contribution in [0.25, 0.3) is 11.1 Å². The van der Waals surface area contributed by atoms with Crippen LogP contribution < -0.4 is 9.47 Å². The maximum absolute atomic E-state index is 6.08. The molecular formula is C46H48N4O8. The summed E-state index contributed by atoms with van der Waals surface area (Å²) in [6.45, 7) is 5.93. The van der Waals surface area contributed by atoms with E-state index in [4.69, 9.17) is 57.9 Å². The minimum Gasteiger partial charge on any atom is -0.491 e. The van der Waals surface area contributed by atoms with Crippen molar-refractivity contribution in [1.82, 2.24) is 0 Å². The average molecular weight is 785 g/mol. The number of fused-ring (bicyclic) bond motifs is 4. The zero-order chi connectivity index (χ0) is 39.8. The van der Waals surface area contributed by atoms with E-state index < -0.39 is 0 Å². The summed E-state index contributed by atoms with van der Waals surface area (Å²) in [6.07, 6.45) is 20.1. The molecule has 5 aliphatic rings. The van der Waals surface area contributed by atoms with Gasteiger partial charge >= 0.3 is 0 Å². The van der Waals surface area contributed by atoms with Crippen LogP contribution >= 0.6 is 0 Å². The molecule has 0 atom stereocenters. The van der Waals surface area contributed by atoms with Crippen LogP contribution in [0.2, 0.25) is 0 Å². The van der Waals surface area contributed by atoms with Gasteiger partial charge in [0.1, 0.15) is 24.7 Å². The smallest absolute Gasteiger partial charge is 0.120 e. The summed E-state index contributed by atoms with van der Waals surface area (Å²) < 4.78 is 44.4. The SMILES string of the molecule is COCCOCCOCCOc1cccc(C2=C3C=CC(=N3)C=C3C=CC(=N3)C(c3cccc(OCCOCCOCCOC)c3)=C3C=CC(=N3)C=C3C=CC2=N3)c1. The summed E-state index contributed by atoms with van der Waals surface area (Å²) in [7, 11) is 3.30. The number of hydrogen-bond donors (Lipinski definition) is 0. The summed E-state index contributed by atoms with van der Waals surface area (Å²) in [5.41, 5.74) is 9.97. The number of aliphatic imine (C=N–C) groups is 4. The molecule has 5 aliphatic heterocycles. The third kappa shape index (κ3) is 11.3. The molecule has 2 aromatic carbocycles. The molecule has 0 aliphatic carbocycles. The van der Waals surface area contributed by atoms with Crippen LogP contribution in [-0.4, -0.2) is 116 Å². The van der Waals surface area contributed by atoms with Crippen LogP contribution in [0.1, 0.15) is 11.1 Å². The van der Waals surface area contributed by atoms with E-state index in [-0.39, 0.29) is 0 Å². The highest BCUT2D eigenvalue weighted by atomic mass is 16.6. The van der Waals surface area contributed by atoms with Gasteiger partial charge < -0.3 is 37.9 Å². The topological polar surface area (TPSA) is 123 Å². The molecule has 0 saturated heterocycles. The van der Waals surface area contributed by atoms with Crippen LogP contribution in [0.3, 0.4) is 0 Å². The number of ether oxygens (including phenoxy) is 8. The molecule has 0 aromatic heterocycles. The van der Waals surface area contributed by atoms with Gasteiger partial charge in [-0.3, -0.25) is 0 Å². The highest BCUT2D eigenvalue weighted by Crippen LogP contribution is 2.34. The average Bonchev–Trinajstić information content (AvgIpc) is 4.08. The Labute approximate surface area is 339 Å². The monoisotopic (exact) mass is 784 g/mol. The lowest BCUT2D eigenvalue weighted by atomic mass is 9.98. The second-order valence-electron chi connectivity index (χ2n) is 13.2. The van der Waals surface area contributed by atoms with Gasteiger partial charge in [-0.15, -0.1) is 0 Å². The van der Waals surface area contributed by atoms with Crippen LogP contribution in [0, 0.1) is 0 Å². The second-order valence-corrected chi connectivity index (χ2v) is 13.2. The molecule has 0 unspecified atom stereocenters. The van der Waals surface area contributed by atoms with E-state index in [1.54, 1.807) is 14.2 Å². The van der Waals surface area contributed by atoms with Crippen molar-refractivity contribution in [2.24, 2.45) is 20.0 Å². The summed E-state index contributed by atoms with van der Waals surface area (Å²) in [6, 6.07) is 16.0. The van der Waals surface area contributed by atoms with Crippen LogP contribution in [0.4, 0.5) is 0 Å². The fraction of sp³-hybridized carbons (Fsp3) is 0.304. The predicted molar refractivity (Wildman–Crippen MR) is 227 cm³/mol. The number of hydrogen-bond acceptors (Lipinski definition) is 12. The van der Waals surface area contributed by atoms with Gasteiger partial charge in [-0.2, -0.15) is 0 Å². The molecule has 5 heterocycles. The minimum atomic E-state index is 0.405. The first-order valence-electron chi connectivity index (χ1n) is 19.4. The highest BCUT2D eigenvalue weighted by Gasteiger charge is 2.22. The summed E-state index contributed by atoms with van der Waals surface area (Å²) >= 11 is 0. The van der Waals surface area contributed by atoms with Gasteiger partial charge in [-0.05, 0) is 96.2 Å². The van der Waals surface area contributed by atoms with Crippen molar-refractivity contribution < 1.29 is 37.9 Å². The van der Waals surface area contributed by atoms with E-state index in [9.17, 15) is 0 Å². The Morgan fingerprint density at radius 2 is 0.828 bits per heavy atom. The van der Waals surface area contributed by atoms with Crippen molar-refractivity contribution in [2.75, 3.05) is 93.5 Å². The molecule has 12 nitrogen and oxygen atoms in total. The number of benzene rings is 2. The van der Waals surface area contributed by atoms with Gasteiger partial charge in [0, 0.05) is 25.4 Å². The van der Waals surface area contributed by atoms with Crippen molar-refractivity contribution in [2.45, 2.75) is 0 Å². The van der Waals surface area contributed by atoms with Gasteiger partial charge in [0.2, 0.25) is 0 Å². The predicted octanol–water partition coefficient (Wildman–Crippen LogP) is 6.75. The van der Waals surface area contributed by atoms with E-state index in [0.717, 1.165) is 79.4 Å². The molecule has 0 saturated carbocycles. The number of allylic oxidation sites excluding steroid dienone is 12. The largest absolute Gasteiger partial charge is 0.491 e. The van der Waals surface area contributed by atoms with Gasteiger partial charge in [-0.1, -0.05) is 24.3 Å². The molecule has 0 radical (unpaired) electrons. The number of nitrogens with zero attached hydrogens (tertiary/aromatic N) is 4. The zero-order valence-electron chi connectivity index (χ0n) is 32.9. The maximum atomic E-state index is 6.08. The van der Waals surface area contributed by atoms with E-state index in [1.165, 1.54) is 0 Å². The Morgan fingerprint density at radius 3 is 1.26 bits per heavy atom. The van der Waals surface area contributed by atoms with Crippen LogP contribution in [-0.2, 0) is 28.4 Å². The highest BCUT2D eigenvalue weighted by molar-refractivity contribution is 6.34. The number of rotatable bonds is 22. The Bertz CT molecular complexity index is 2030. The standard InChI is InChI=1S/C46H48N4O8/c1-51-17-19-53-21-23-55-25-27-57-39-7-3-5-33(29-39)45-41-13-9-35(47-41)31-37-11-15-43(49-37)46(44-16-12-38(50-44)32-36-10-14-42(45)48-36)34-6-4-8-40(30-34)58-28-26-56-24-22-54-20-18-52-2/h3-16,29-32H,17-28H2,1-2H3. The van der Waals surface area contributed by atoms with Crippen molar-refractivity contribution in [3.8, 4) is 11.5 Å². The quantitative estimate of drug-likeness (QED) is 0.120. The summed E-state index contributed by atoms with van der Waals surface area (Å²) in [4.78, 5) is 20.2. The van der Waals surface area contributed by atoms with E-state index in [2.05, 4.69) is 0 Å². The van der Waals surface area contributed by atoms with Crippen molar-refractivity contribution >= 4 is 34.0 Å². The van der Waals surface area contributed by atoms with Gasteiger partial charge in [0.05, 0.1) is 112 Å². The first-order chi connectivity index (χ1) is 28.7. The van der Waals surface area contributed by atoms with E-state index in [0.29, 0.717) is 79.3 Å². The van der Waals surface area contributed by atoms with Gasteiger partial charge in [0.25, 0.3) is 0 Å². The first-order valence-corrected chi connectivity index (χ1v) is 19.4. The molecule has 300 valence electrons. The van der Waals surface area contributed by atoms with Crippen molar-refractivity contribution in [3.63, 3.8) is 0 Å². The van der Waals surface area contributed by atoms with Crippen LogP contribution in [0.5, 0.6) is 11.5 Å². The van der Waals surface area contributed by atoms with Crippen molar-refractivity contribution in [3.05, 3.63) is 143 Å². The molecule has 58 heavy (non-hydrogen) atoms. The zero-order valence-corrected chi connectivity index (χ0v) is 32.9. The van der Waals surface area contributed by atoms with Gasteiger partial charge in [-0.25, -0.2) is 20.0 Å². The van der Waals surface area contributed by atoms with E-state index >= 15 is 0 Å². The van der Waals surface area contributed by atoms with E-state index in [1.807, 2.05) is 109 Å². The molecule has 12 heteroatoms.